The highest BCUT2D eigenvalue weighted by atomic mass is 32.2. The van der Waals surface area contributed by atoms with Crippen LogP contribution in [0.1, 0.15) is 5.56 Å². The van der Waals surface area contributed by atoms with Crippen molar-refractivity contribution in [2.24, 2.45) is 0 Å². The number of aromatic nitrogens is 1. The third kappa shape index (κ3) is 5.87. The summed E-state index contributed by atoms with van der Waals surface area (Å²) in [5.41, 5.74) is -0.889. The molecule has 1 aromatic heterocycles. The fraction of sp³-hybridized carbons (Fsp3) is 0.250. The van der Waals surface area contributed by atoms with Gasteiger partial charge in [-0.2, -0.15) is 13.2 Å². The predicted molar refractivity (Wildman–Crippen MR) is 87.8 cm³/mol. The molecule has 0 fully saturated rings. The summed E-state index contributed by atoms with van der Waals surface area (Å²) < 4.78 is 64.2. The number of pyridine rings is 1. The van der Waals surface area contributed by atoms with Crippen molar-refractivity contribution in [1.82, 2.24) is 10.3 Å². The van der Waals surface area contributed by atoms with Gasteiger partial charge in [0.2, 0.25) is 5.91 Å². The highest BCUT2D eigenvalue weighted by molar-refractivity contribution is 8.00. The van der Waals surface area contributed by atoms with Gasteiger partial charge in [0.1, 0.15) is 5.82 Å². The van der Waals surface area contributed by atoms with Crippen LogP contribution in [0.15, 0.2) is 41.4 Å². The minimum absolute atomic E-state index is 0.0392. The fourth-order valence-corrected chi connectivity index (χ4v) is 2.68. The number of amides is 1. The molecule has 0 aliphatic heterocycles. The van der Waals surface area contributed by atoms with E-state index >= 15 is 0 Å². The Balaban J connectivity index is 1.75. The van der Waals surface area contributed by atoms with Gasteiger partial charge in [0.25, 0.3) is 0 Å². The van der Waals surface area contributed by atoms with Crippen molar-refractivity contribution in [3.05, 3.63) is 53.7 Å². The lowest BCUT2D eigenvalue weighted by atomic mass is 10.2. The average Bonchev–Trinajstić information content (AvgIpc) is 2.59. The number of benzene rings is 1. The van der Waals surface area contributed by atoms with Crippen molar-refractivity contribution < 1.29 is 26.7 Å². The zero-order valence-corrected chi connectivity index (χ0v) is 14.1. The van der Waals surface area contributed by atoms with Crippen LogP contribution in [-0.4, -0.2) is 29.7 Å². The van der Waals surface area contributed by atoms with E-state index in [1.54, 1.807) is 0 Å². The number of carbonyl (C=O) groups is 1. The van der Waals surface area contributed by atoms with Crippen LogP contribution in [0.2, 0.25) is 0 Å². The molecule has 1 amide bonds. The van der Waals surface area contributed by atoms with Crippen LogP contribution in [-0.2, 0) is 11.0 Å². The molecule has 1 heterocycles. The maximum Gasteiger partial charge on any atom is 0.419 e. The van der Waals surface area contributed by atoms with Crippen LogP contribution in [0, 0.1) is 11.6 Å². The number of rotatable bonds is 7. The van der Waals surface area contributed by atoms with E-state index in [1.165, 1.54) is 18.3 Å². The van der Waals surface area contributed by atoms with Crippen LogP contribution in [0.4, 0.5) is 27.8 Å². The number of anilines is 1. The van der Waals surface area contributed by atoms with Crippen molar-refractivity contribution >= 4 is 23.5 Å². The summed E-state index contributed by atoms with van der Waals surface area (Å²) in [7, 11) is 0. The highest BCUT2D eigenvalue weighted by Gasteiger charge is 2.33. The molecular formula is C16H14F5N3OS. The second-order valence-corrected chi connectivity index (χ2v) is 6.09. The van der Waals surface area contributed by atoms with Crippen LogP contribution >= 0.6 is 11.8 Å². The molecule has 4 nitrogen and oxygen atoms in total. The number of nitrogens with one attached hydrogen (secondary N) is 2. The van der Waals surface area contributed by atoms with Crippen molar-refractivity contribution in [1.29, 1.82) is 0 Å². The van der Waals surface area contributed by atoms with Crippen LogP contribution in [0.5, 0.6) is 0 Å². The number of nitrogens with zero attached hydrogens (tertiary/aromatic N) is 1. The van der Waals surface area contributed by atoms with Crippen molar-refractivity contribution in [3.63, 3.8) is 0 Å². The lowest BCUT2D eigenvalue weighted by molar-refractivity contribution is -0.137. The molecule has 10 heteroatoms. The van der Waals surface area contributed by atoms with Gasteiger partial charge in [-0.1, -0.05) is 0 Å². The summed E-state index contributed by atoms with van der Waals surface area (Å²) in [5.74, 6) is -2.72. The maximum atomic E-state index is 13.0. The summed E-state index contributed by atoms with van der Waals surface area (Å²) in [6.07, 6.45) is -3.30. The molecule has 26 heavy (non-hydrogen) atoms. The van der Waals surface area contributed by atoms with Crippen molar-refractivity contribution in [2.75, 3.05) is 24.2 Å². The van der Waals surface area contributed by atoms with Gasteiger partial charge < -0.3 is 10.6 Å². The molecule has 1 aromatic carbocycles. The number of alkyl halides is 3. The quantitative estimate of drug-likeness (QED) is 0.429. The molecule has 0 spiro atoms. The zero-order valence-electron chi connectivity index (χ0n) is 13.2. The van der Waals surface area contributed by atoms with E-state index in [4.69, 9.17) is 0 Å². The number of halogens is 5. The molecule has 0 aliphatic rings. The van der Waals surface area contributed by atoms with Gasteiger partial charge in [-0.15, -0.1) is 11.8 Å². The third-order valence-corrected chi connectivity index (χ3v) is 4.11. The highest BCUT2D eigenvalue weighted by Crippen LogP contribution is 2.33. The molecular weight excluding hydrogens is 377 g/mol. The van der Waals surface area contributed by atoms with Crippen molar-refractivity contribution in [2.45, 2.75) is 11.1 Å². The smallest absolute Gasteiger partial charge is 0.368 e. The Kier molecular flexibility index (Phi) is 6.78. The van der Waals surface area contributed by atoms with Gasteiger partial charge in [-0.25, -0.2) is 13.8 Å². The SMILES string of the molecule is O=C(CSc1ccc(F)c(F)c1)NCCNc1ncccc1C(F)(F)F. The van der Waals surface area contributed by atoms with Gasteiger partial charge in [-0.3, -0.25) is 4.79 Å². The van der Waals surface area contributed by atoms with Gasteiger partial charge in [0, 0.05) is 24.2 Å². The largest absolute Gasteiger partial charge is 0.419 e. The minimum Gasteiger partial charge on any atom is -0.368 e. The van der Waals surface area contributed by atoms with E-state index in [0.29, 0.717) is 4.90 Å². The molecule has 0 radical (unpaired) electrons. The molecule has 2 N–H and O–H groups in total. The molecule has 2 aromatic rings. The van der Waals surface area contributed by atoms with Gasteiger partial charge in [-0.05, 0) is 30.3 Å². The van der Waals surface area contributed by atoms with E-state index < -0.39 is 29.3 Å². The van der Waals surface area contributed by atoms with Crippen LogP contribution < -0.4 is 10.6 Å². The Morgan fingerprint density at radius 2 is 1.88 bits per heavy atom. The molecule has 0 saturated carbocycles. The monoisotopic (exact) mass is 391 g/mol. The second-order valence-electron chi connectivity index (χ2n) is 5.04. The molecule has 0 atom stereocenters. The second kappa shape index (κ2) is 8.84. The minimum atomic E-state index is -4.53. The van der Waals surface area contributed by atoms with Crippen LogP contribution in [0.25, 0.3) is 0 Å². The zero-order chi connectivity index (χ0) is 19.2. The standard InChI is InChI=1S/C16H14F5N3OS/c17-12-4-3-10(8-13(12)18)26-9-14(25)22-6-7-24-15-11(16(19,20)21)2-1-5-23-15/h1-5,8H,6-7,9H2,(H,22,25)(H,23,24). The summed E-state index contributed by atoms with van der Waals surface area (Å²) >= 11 is 1.01. The number of hydrogen-bond acceptors (Lipinski definition) is 4. The molecule has 140 valence electrons. The summed E-state index contributed by atoms with van der Waals surface area (Å²) in [6, 6.07) is 5.38. The lowest BCUT2D eigenvalue weighted by Crippen LogP contribution is -2.30. The Morgan fingerprint density at radius 1 is 1.12 bits per heavy atom. The van der Waals surface area contributed by atoms with E-state index in [0.717, 1.165) is 30.0 Å². The Morgan fingerprint density at radius 3 is 2.58 bits per heavy atom. The summed E-state index contributed by atoms with van der Waals surface area (Å²) in [6.45, 7) is 0.118. The van der Waals surface area contributed by atoms with E-state index in [9.17, 15) is 26.7 Å². The Labute approximate surface area is 150 Å². The molecule has 0 unspecified atom stereocenters. The first kappa shape index (κ1) is 20.0. The predicted octanol–water partition coefficient (Wildman–Crippen LogP) is 3.70. The number of carbonyl (C=O) groups excluding carboxylic acids is 1. The van der Waals surface area contributed by atoms with Gasteiger partial charge >= 0.3 is 6.18 Å². The van der Waals surface area contributed by atoms with Crippen LogP contribution in [0.3, 0.4) is 0 Å². The van der Waals surface area contributed by atoms with Crippen molar-refractivity contribution in [3.8, 4) is 0 Å². The normalized spacial score (nSPS) is 11.3. The number of hydrogen-bond donors (Lipinski definition) is 2. The molecule has 0 saturated heterocycles. The fourth-order valence-electron chi connectivity index (χ4n) is 1.92. The van der Waals surface area contributed by atoms with E-state index in [-0.39, 0.29) is 24.7 Å². The maximum absolute atomic E-state index is 13.0. The lowest BCUT2D eigenvalue weighted by Gasteiger charge is -2.13. The molecule has 2 rings (SSSR count). The Bertz CT molecular complexity index is 770. The van der Waals surface area contributed by atoms with Gasteiger partial charge in [0.05, 0.1) is 11.3 Å². The number of thioether (sulfide) groups is 1. The summed E-state index contributed by atoms with van der Waals surface area (Å²) in [5, 5.41) is 5.03. The van der Waals surface area contributed by atoms with E-state index in [2.05, 4.69) is 15.6 Å². The van der Waals surface area contributed by atoms with E-state index in [1.807, 2.05) is 0 Å². The molecule has 0 aliphatic carbocycles. The first-order valence-corrected chi connectivity index (χ1v) is 8.36. The average molecular weight is 391 g/mol. The van der Waals surface area contributed by atoms with Gasteiger partial charge in [0.15, 0.2) is 11.6 Å². The first-order chi connectivity index (χ1) is 12.3. The molecule has 0 bridgehead atoms. The topological polar surface area (TPSA) is 54.0 Å². The third-order valence-electron chi connectivity index (χ3n) is 3.11. The Hall–Kier alpha value is -2.36. The summed E-state index contributed by atoms with van der Waals surface area (Å²) in [4.78, 5) is 15.7. The first-order valence-electron chi connectivity index (χ1n) is 7.38.